The molecule has 1 aromatic rings. The molecule has 16 heavy (non-hydrogen) atoms. The Morgan fingerprint density at radius 2 is 2.00 bits per heavy atom. The summed E-state index contributed by atoms with van der Waals surface area (Å²) in [5, 5.41) is 0. The van der Waals surface area contributed by atoms with Crippen molar-refractivity contribution in [1.29, 1.82) is 0 Å². The lowest BCUT2D eigenvalue weighted by atomic mass is 10.1. The van der Waals surface area contributed by atoms with Crippen LogP contribution in [0.15, 0.2) is 12.1 Å². The summed E-state index contributed by atoms with van der Waals surface area (Å²) in [7, 11) is 0. The first kappa shape index (κ1) is 12.9. The molecule has 0 amide bonds. The highest BCUT2D eigenvalue weighted by atomic mass is 16.1. The number of aromatic nitrogens is 1. The van der Waals surface area contributed by atoms with Gasteiger partial charge in [0.2, 0.25) is 0 Å². The molecular weight excluding hydrogens is 198 g/mol. The molecule has 0 aromatic carbocycles. The Morgan fingerprint density at radius 3 is 2.56 bits per heavy atom. The van der Waals surface area contributed by atoms with Crippen LogP contribution in [-0.2, 0) is 6.42 Å². The maximum Gasteiger partial charge on any atom is 0.161 e. The van der Waals surface area contributed by atoms with Crippen molar-refractivity contribution in [2.24, 2.45) is 0 Å². The van der Waals surface area contributed by atoms with Gasteiger partial charge in [0.05, 0.1) is 0 Å². The van der Waals surface area contributed by atoms with E-state index in [9.17, 15) is 4.79 Å². The quantitative estimate of drug-likeness (QED) is 0.539. The summed E-state index contributed by atoms with van der Waals surface area (Å²) >= 11 is 0. The molecule has 0 saturated carbocycles. The van der Waals surface area contributed by atoms with E-state index in [0.717, 1.165) is 23.4 Å². The molecule has 0 spiro atoms. The van der Waals surface area contributed by atoms with Gasteiger partial charge < -0.3 is 0 Å². The fraction of sp³-hybridized carbons (Fsp3) is 0.571. The molecule has 1 heterocycles. The Balaban J connectivity index is 2.56. The summed E-state index contributed by atoms with van der Waals surface area (Å²) in [5.41, 5.74) is 2.72. The van der Waals surface area contributed by atoms with Crippen LogP contribution in [0.3, 0.4) is 0 Å². The molecule has 88 valence electrons. The predicted molar refractivity (Wildman–Crippen MR) is 66.8 cm³/mol. The van der Waals surface area contributed by atoms with E-state index in [1.165, 1.54) is 25.7 Å². The molecule has 0 bridgehead atoms. The zero-order valence-electron chi connectivity index (χ0n) is 10.5. The van der Waals surface area contributed by atoms with Crippen LogP contribution in [-0.4, -0.2) is 10.8 Å². The first-order valence-corrected chi connectivity index (χ1v) is 6.12. The Hall–Kier alpha value is -1.18. The van der Waals surface area contributed by atoms with Gasteiger partial charge in [0.15, 0.2) is 5.78 Å². The minimum absolute atomic E-state index is 0.0996. The van der Waals surface area contributed by atoms with E-state index in [0.29, 0.717) is 0 Å². The number of hydrogen-bond acceptors (Lipinski definition) is 2. The van der Waals surface area contributed by atoms with Crippen molar-refractivity contribution < 1.29 is 4.79 Å². The molecule has 0 atom stereocenters. The Bertz CT molecular complexity index is 358. The zero-order valence-corrected chi connectivity index (χ0v) is 10.5. The Kier molecular flexibility index (Phi) is 5.17. The summed E-state index contributed by atoms with van der Waals surface area (Å²) in [5.74, 6) is 0.0996. The molecule has 0 saturated heterocycles. The number of ketones is 1. The molecular formula is C14H21NO. The lowest BCUT2D eigenvalue weighted by Gasteiger charge is -2.05. The second-order valence-corrected chi connectivity index (χ2v) is 4.30. The number of nitrogens with zero attached hydrogens (tertiary/aromatic N) is 1. The largest absolute Gasteiger partial charge is 0.294 e. The van der Waals surface area contributed by atoms with Crippen molar-refractivity contribution in [2.75, 3.05) is 0 Å². The standard InChI is InChI=1S/C14H21NO/c1-4-5-6-7-8-13-9-10-14(12(3)16)11(2)15-13/h9-10H,4-8H2,1-3H3. The first-order valence-electron chi connectivity index (χ1n) is 6.12. The molecule has 0 fully saturated rings. The van der Waals surface area contributed by atoms with Crippen molar-refractivity contribution in [3.8, 4) is 0 Å². The van der Waals surface area contributed by atoms with Gasteiger partial charge in [0, 0.05) is 17.0 Å². The van der Waals surface area contributed by atoms with E-state index in [4.69, 9.17) is 0 Å². The van der Waals surface area contributed by atoms with Crippen LogP contribution >= 0.6 is 0 Å². The summed E-state index contributed by atoms with van der Waals surface area (Å²) in [6.07, 6.45) is 6.05. The van der Waals surface area contributed by atoms with E-state index >= 15 is 0 Å². The maximum absolute atomic E-state index is 11.2. The fourth-order valence-electron chi connectivity index (χ4n) is 1.86. The number of pyridine rings is 1. The fourth-order valence-corrected chi connectivity index (χ4v) is 1.86. The number of hydrogen-bond donors (Lipinski definition) is 0. The van der Waals surface area contributed by atoms with Gasteiger partial charge in [-0.1, -0.05) is 26.2 Å². The van der Waals surface area contributed by atoms with Crippen molar-refractivity contribution in [2.45, 2.75) is 52.9 Å². The third-order valence-corrected chi connectivity index (χ3v) is 2.81. The minimum Gasteiger partial charge on any atom is -0.294 e. The smallest absolute Gasteiger partial charge is 0.161 e. The molecule has 1 rings (SSSR count). The van der Waals surface area contributed by atoms with E-state index < -0.39 is 0 Å². The lowest BCUT2D eigenvalue weighted by molar-refractivity contribution is 0.101. The second-order valence-electron chi connectivity index (χ2n) is 4.30. The van der Waals surface area contributed by atoms with Crippen LogP contribution in [0.1, 0.15) is 61.3 Å². The van der Waals surface area contributed by atoms with Crippen LogP contribution in [0.5, 0.6) is 0 Å². The third-order valence-electron chi connectivity index (χ3n) is 2.81. The molecule has 1 aromatic heterocycles. The van der Waals surface area contributed by atoms with Gasteiger partial charge >= 0.3 is 0 Å². The highest BCUT2D eigenvalue weighted by Crippen LogP contribution is 2.10. The lowest BCUT2D eigenvalue weighted by Crippen LogP contribution is -2.01. The van der Waals surface area contributed by atoms with Gasteiger partial charge in [-0.2, -0.15) is 0 Å². The van der Waals surface area contributed by atoms with Crippen LogP contribution in [0.25, 0.3) is 0 Å². The summed E-state index contributed by atoms with van der Waals surface area (Å²) < 4.78 is 0. The molecule has 0 aliphatic rings. The van der Waals surface area contributed by atoms with Crippen molar-refractivity contribution in [3.05, 3.63) is 29.1 Å². The van der Waals surface area contributed by atoms with Gasteiger partial charge in [0.1, 0.15) is 0 Å². The van der Waals surface area contributed by atoms with Gasteiger partial charge in [-0.15, -0.1) is 0 Å². The average Bonchev–Trinajstić information content (AvgIpc) is 2.24. The molecule has 2 nitrogen and oxygen atoms in total. The van der Waals surface area contributed by atoms with E-state index in [1.54, 1.807) is 6.92 Å². The summed E-state index contributed by atoms with van der Waals surface area (Å²) in [4.78, 5) is 15.7. The minimum atomic E-state index is 0.0996. The first-order chi connectivity index (χ1) is 7.65. The van der Waals surface area contributed by atoms with Crippen LogP contribution in [0, 0.1) is 6.92 Å². The molecule has 0 aliphatic heterocycles. The Labute approximate surface area is 98.1 Å². The number of rotatable bonds is 6. The van der Waals surface area contributed by atoms with Gasteiger partial charge in [-0.3, -0.25) is 9.78 Å². The molecule has 2 heteroatoms. The summed E-state index contributed by atoms with van der Waals surface area (Å²) in [6.45, 7) is 5.71. The predicted octanol–water partition coefficient (Wildman–Crippen LogP) is 3.72. The number of Topliss-reactive ketones (excluding diaryl/α,β-unsaturated/α-hetero) is 1. The Morgan fingerprint density at radius 1 is 1.25 bits per heavy atom. The average molecular weight is 219 g/mol. The van der Waals surface area contributed by atoms with Crippen molar-refractivity contribution in [1.82, 2.24) is 4.98 Å². The molecule has 0 unspecified atom stereocenters. The van der Waals surface area contributed by atoms with Crippen LogP contribution in [0.2, 0.25) is 0 Å². The van der Waals surface area contributed by atoms with E-state index in [-0.39, 0.29) is 5.78 Å². The van der Waals surface area contributed by atoms with Gasteiger partial charge in [-0.25, -0.2) is 0 Å². The number of unbranched alkanes of at least 4 members (excludes halogenated alkanes) is 3. The van der Waals surface area contributed by atoms with E-state index in [2.05, 4.69) is 11.9 Å². The van der Waals surface area contributed by atoms with Crippen molar-refractivity contribution >= 4 is 5.78 Å². The van der Waals surface area contributed by atoms with Crippen LogP contribution < -0.4 is 0 Å². The third kappa shape index (κ3) is 3.76. The number of carbonyl (C=O) groups is 1. The number of aryl methyl sites for hydroxylation is 2. The molecule has 0 aliphatic carbocycles. The molecule has 0 N–H and O–H groups in total. The SMILES string of the molecule is CCCCCCc1ccc(C(C)=O)c(C)n1. The molecule has 0 radical (unpaired) electrons. The maximum atomic E-state index is 11.2. The highest BCUT2D eigenvalue weighted by molar-refractivity contribution is 5.94. The normalized spacial score (nSPS) is 10.4. The van der Waals surface area contributed by atoms with Gasteiger partial charge in [0.25, 0.3) is 0 Å². The van der Waals surface area contributed by atoms with Gasteiger partial charge in [-0.05, 0) is 38.8 Å². The van der Waals surface area contributed by atoms with Crippen LogP contribution in [0.4, 0.5) is 0 Å². The highest BCUT2D eigenvalue weighted by Gasteiger charge is 2.05. The van der Waals surface area contributed by atoms with E-state index in [1.807, 2.05) is 19.1 Å². The zero-order chi connectivity index (χ0) is 12.0. The second kappa shape index (κ2) is 6.41. The number of carbonyl (C=O) groups excluding carboxylic acids is 1. The summed E-state index contributed by atoms with van der Waals surface area (Å²) in [6, 6.07) is 3.88. The van der Waals surface area contributed by atoms with Crippen molar-refractivity contribution in [3.63, 3.8) is 0 Å². The monoisotopic (exact) mass is 219 g/mol. The topological polar surface area (TPSA) is 30.0 Å².